The molecule has 3 N–H and O–H groups in total. The summed E-state index contributed by atoms with van der Waals surface area (Å²) < 4.78 is 14.1. The summed E-state index contributed by atoms with van der Waals surface area (Å²) >= 11 is 1.33. The lowest BCUT2D eigenvalue weighted by Gasteiger charge is -2.04. The van der Waals surface area contributed by atoms with Gasteiger partial charge >= 0.3 is 0 Å². The fourth-order valence-corrected chi connectivity index (χ4v) is 3.15. The number of nitrogens with two attached hydrogens (primary N) is 1. The fourth-order valence-electron chi connectivity index (χ4n) is 2.15. The molecule has 3 nitrogen and oxygen atoms in total. The molecule has 0 bridgehead atoms. The molecule has 1 amide bonds. The maximum atomic E-state index is 13.1. The van der Waals surface area contributed by atoms with Gasteiger partial charge in [-0.2, -0.15) is 0 Å². The highest BCUT2D eigenvalue weighted by Crippen LogP contribution is 2.34. The fraction of sp³-hybridized carbons (Fsp3) is 0.0625. The Morgan fingerprint density at radius 2 is 2.05 bits per heavy atom. The van der Waals surface area contributed by atoms with Gasteiger partial charge in [0, 0.05) is 15.8 Å². The monoisotopic (exact) mass is 300 g/mol. The van der Waals surface area contributed by atoms with Crippen molar-refractivity contribution in [2.45, 2.75) is 6.92 Å². The van der Waals surface area contributed by atoms with Crippen LogP contribution in [0.4, 0.5) is 15.8 Å². The third-order valence-corrected chi connectivity index (χ3v) is 4.36. The van der Waals surface area contributed by atoms with E-state index in [0.717, 1.165) is 15.6 Å². The first-order valence-corrected chi connectivity index (χ1v) is 7.22. The summed E-state index contributed by atoms with van der Waals surface area (Å²) in [6.07, 6.45) is 0. The van der Waals surface area contributed by atoms with Crippen molar-refractivity contribution in [2.24, 2.45) is 0 Å². The van der Waals surface area contributed by atoms with Crippen LogP contribution in [-0.2, 0) is 0 Å². The summed E-state index contributed by atoms with van der Waals surface area (Å²) in [5, 5.41) is 3.55. The van der Waals surface area contributed by atoms with Crippen LogP contribution in [0.3, 0.4) is 0 Å². The number of amides is 1. The number of thiophene rings is 1. The van der Waals surface area contributed by atoms with Gasteiger partial charge in [0.2, 0.25) is 0 Å². The van der Waals surface area contributed by atoms with E-state index in [1.165, 1.54) is 23.5 Å². The highest BCUT2D eigenvalue weighted by molar-refractivity contribution is 7.21. The van der Waals surface area contributed by atoms with E-state index in [4.69, 9.17) is 5.73 Å². The summed E-state index contributed by atoms with van der Waals surface area (Å²) in [5.41, 5.74) is 8.03. The maximum absolute atomic E-state index is 13.1. The highest BCUT2D eigenvalue weighted by Gasteiger charge is 2.16. The smallest absolute Gasteiger partial charge is 0.267 e. The van der Waals surface area contributed by atoms with Crippen LogP contribution in [0.2, 0.25) is 0 Å². The average molecular weight is 300 g/mol. The Labute approximate surface area is 125 Å². The summed E-state index contributed by atoms with van der Waals surface area (Å²) in [6.45, 7) is 1.98. The number of anilines is 2. The number of rotatable bonds is 2. The lowest BCUT2D eigenvalue weighted by atomic mass is 10.1. The zero-order valence-electron chi connectivity index (χ0n) is 11.3. The molecule has 5 heteroatoms. The number of halogens is 1. The topological polar surface area (TPSA) is 55.1 Å². The molecule has 0 aliphatic heterocycles. The Morgan fingerprint density at radius 3 is 2.81 bits per heavy atom. The number of aryl methyl sites for hydroxylation is 1. The zero-order chi connectivity index (χ0) is 15.0. The molecule has 3 rings (SSSR count). The van der Waals surface area contributed by atoms with Crippen LogP contribution in [0, 0.1) is 12.7 Å². The van der Waals surface area contributed by atoms with E-state index < -0.39 is 5.82 Å². The Morgan fingerprint density at radius 1 is 1.24 bits per heavy atom. The molecule has 0 saturated heterocycles. The zero-order valence-corrected chi connectivity index (χ0v) is 12.1. The maximum Gasteiger partial charge on any atom is 0.267 e. The van der Waals surface area contributed by atoms with E-state index in [9.17, 15) is 9.18 Å². The van der Waals surface area contributed by atoms with Crippen LogP contribution < -0.4 is 11.1 Å². The van der Waals surface area contributed by atoms with Gasteiger partial charge in [-0.15, -0.1) is 11.3 Å². The van der Waals surface area contributed by atoms with E-state index in [2.05, 4.69) is 5.32 Å². The lowest BCUT2D eigenvalue weighted by Crippen LogP contribution is -2.12. The van der Waals surface area contributed by atoms with Crippen molar-refractivity contribution in [3.05, 3.63) is 58.7 Å². The normalized spacial score (nSPS) is 10.8. The van der Waals surface area contributed by atoms with E-state index in [0.29, 0.717) is 16.3 Å². The standard InChI is InChI=1S/C16H13FN2OS/c1-9-5-6-13-12(7-9)14(18)15(21-13)16(20)19-11-4-2-3-10(17)8-11/h2-8H,18H2,1H3,(H,19,20). The van der Waals surface area contributed by atoms with Gasteiger partial charge in [0.15, 0.2) is 0 Å². The number of hydrogen-bond acceptors (Lipinski definition) is 3. The van der Waals surface area contributed by atoms with Gasteiger partial charge < -0.3 is 11.1 Å². The summed E-state index contributed by atoms with van der Waals surface area (Å²) in [5.74, 6) is -0.718. The molecule has 1 aromatic heterocycles. The first-order chi connectivity index (χ1) is 10.0. The minimum atomic E-state index is -0.396. The van der Waals surface area contributed by atoms with Gasteiger partial charge in [0.1, 0.15) is 10.7 Å². The Kier molecular flexibility index (Phi) is 3.35. The predicted molar refractivity (Wildman–Crippen MR) is 85.3 cm³/mol. The first kappa shape index (κ1) is 13.6. The number of nitrogen functional groups attached to an aromatic ring is 1. The second kappa shape index (κ2) is 5.18. The minimum absolute atomic E-state index is 0.322. The van der Waals surface area contributed by atoms with Crippen LogP contribution in [0.15, 0.2) is 42.5 Å². The van der Waals surface area contributed by atoms with E-state index >= 15 is 0 Å². The van der Waals surface area contributed by atoms with Gasteiger partial charge in [-0.3, -0.25) is 4.79 Å². The van der Waals surface area contributed by atoms with E-state index in [1.807, 2.05) is 25.1 Å². The Balaban J connectivity index is 1.96. The number of fused-ring (bicyclic) bond motifs is 1. The number of carbonyl (C=O) groups is 1. The average Bonchev–Trinajstić information content (AvgIpc) is 2.76. The Bertz CT molecular complexity index is 841. The molecule has 1 heterocycles. The first-order valence-electron chi connectivity index (χ1n) is 6.40. The van der Waals surface area contributed by atoms with Crippen molar-refractivity contribution < 1.29 is 9.18 Å². The van der Waals surface area contributed by atoms with Gasteiger partial charge in [-0.25, -0.2) is 4.39 Å². The van der Waals surface area contributed by atoms with Gasteiger partial charge in [-0.1, -0.05) is 17.7 Å². The van der Waals surface area contributed by atoms with Crippen molar-refractivity contribution in [1.82, 2.24) is 0 Å². The third-order valence-electron chi connectivity index (χ3n) is 3.17. The predicted octanol–water partition coefficient (Wildman–Crippen LogP) is 4.18. The SMILES string of the molecule is Cc1ccc2sc(C(=O)Nc3cccc(F)c3)c(N)c2c1. The van der Waals surface area contributed by atoms with Gasteiger partial charge in [-0.05, 0) is 37.3 Å². The molecule has 0 fully saturated rings. The molecule has 106 valence electrons. The van der Waals surface area contributed by atoms with Crippen LogP contribution in [0.1, 0.15) is 15.2 Å². The summed E-state index contributed by atoms with van der Waals surface area (Å²) in [4.78, 5) is 12.7. The third kappa shape index (κ3) is 2.60. The number of hydrogen-bond donors (Lipinski definition) is 2. The van der Waals surface area contributed by atoms with Gasteiger partial charge in [0.05, 0.1) is 5.69 Å². The molecular weight excluding hydrogens is 287 g/mol. The number of nitrogens with one attached hydrogen (secondary N) is 1. The molecular formula is C16H13FN2OS. The van der Waals surface area contributed by atoms with Crippen LogP contribution in [-0.4, -0.2) is 5.91 Å². The summed E-state index contributed by atoms with van der Waals surface area (Å²) in [7, 11) is 0. The van der Waals surface area contributed by atoms with E-state index in [-0.39, 0.29) is 5.91 Å². The molecule has 0 unspecified atom stereocenters. The Hall–Kier alpha value is -2.40. The number of benzene rings is 2. The second-order valence-electron chi connectivity index (χ2n) is 4.81. The minimum Gasteiger partial charge on any atom is -0.397 e. The largest absolute Gasteiger partial charge is 0.397 e. The molecule has 0 spiro atoms. The van der Waals surface area contributed by atoms with E-state index in [1.54, 1.807) is 12.1 Å². The van der Waals surface area contributed by atoms with Crippen LogP contribution in [0.5, 0.6) is 0 Å². The van der Waals surface area contributed by atoms with Gasteiger partial charge in [0.25, 0.3) is 5.91 Å². The lowest BCUT2D eigenvalue weighted by molar-refractivity contribution is 0.103. The molecule has 21 heavy (non-hydrogen) atoms. The quantitative estimate of drug-likeness (QED) is 0.746. The van der Waals surface area contributed by atoms with Crippen LogP contribution in [0.25, 0.3) is 10.1 Å². The molecule has 0 saturated carbocycles. The van der Waals surface area contributed by atoms with Crippen LogP contribution >= 0.6 is 11.3 Å². The van der Waals surface area contributed by atoms with Crippen molar-refractivity contribution in [3.8, 4) is 0 Å². The van der Waals surface area contributed by atoms with Crippen molar-refractivity contribution in [2.75, 3.05) is 11.1 Å². The highest BCUT2D eigenvalue weighted by atomic mass is 32.1. The molecule has 0 radical (unpaired) electrons. The molecule has 3 aromatic rings. The summed E-state index contributed by atoms with van der Waals surface area (Å²) in [6, 6.07) is 11.7. The molecule has 0 atom stereocenters. The second-order valence-corrected chi connectivity index (χ2v) is 5.86. The molecule has 0 aliphatic carbocycles. The molecule has 0 aliphatic rings. The van der Waals surface area contributed by atoms with Crippen molar-refractivity contribution >= 4 is 38.7 Å². The van der Waals surface area contributed by atoms with Crippen molar-refractivity contribution in [1.29, 1.82) is 0 Å². The molecule has 2 aromatic carbocycles. The van der Waals surface area contributed by atoms with Crippen molar-refractivity contribution in [3.63, 3.8) is 0 Å². The number of carbonyl (C=O) groups excluding carboxylic acids is 1.